The van der Waals surface area contributed by atoms with Crippen molar-refractivity contribution >= 4 is 39.8 Å². The van der Waals surface area contributed by atoms with Crippen LogP contribution in [0.5, 0.6) is 5.75 Å². The molecule has 1 fully saturated rings. The molecule has 1 saturated heterocycles. The van der Waals surface area contributed by atoms with E-state index >= 15 is 0 Å². The van der Waals surface area contributed by atoms with Crippen molar-refractivity contribution in [3.63, 3.8) is 0 Å². The zero-order valence-electron chi connectivity index (χ0n) is 18.5. The Labute approximate surface area is 191 Å². The Bertz CT molecular complexity index is 1190. The summed E-state index contributed by atoms with van der Waals surface area (Å²) in [6.45, 7) is 5.84. The van der Waals surface area contributed by atoms with Gasteiger partial charge in [0.25, 0.3) is 11.1 Å². The van der Waals surface area contributed by atoms with E-state index in [1.807, 2.05) is 68.5 Å². The van der Waals surface area contributed by atoms with Crippen LogP contribution in [0.25, 0.3) is 16.8 Å². The van der Waals surface area contributed by atoms with Crippen molar-refractivity contribution in [1.82, 2.24) is 9.47 Å². The predicted octanol–water partition coefficient (Wildman–Crippen LogP) is 5.02. The van der Waals surface area contributed by atoms with Crippen molar-refractivity contribution < 1.29 is 19.1 Å². The lowest BCUT2D eigenvalue weighted by Crippen LogP contribution is -2.32. The summed E-state index contributed by atoms with van der Waals surface area (Å²) in [5, 5.41) is 1.83. The minimum absolute atomic E-state index is 0.206. The van der Waals surface area contributed by atoms with Crippen LogP contribution in [0.1, 0.15) is 17.0 Å². The van der Waals surface area contributed by atoms with Gasteiger partial charge in [-0.15, -0.1) is 0 Å². The average molecular weight is 451 g/mol. The first-order valence-corrected chi connectivity index (χ1v) is 11.3. The fourth-order valence-electron chi connectivity index (χ4n) is 3.90. The topological polar surface area (TPSA) is 60.8 Å². The molecule has 2 heterocycles. The van der Waals surface area contributed by atoms with E-state index < -0.39 is 0 Å². The van der Waals surface area contributed by atoms with Crippen molar-refractivity contribution in [2.45, 2.75) is 20.4 Å². The van der Waals surface area contributed by atoms with Gasteiger partial charge in [-0.1, -0.05) is 36.4 Å². The molecule has 166 valence electrons. The standard InChI is InChI=1S/C25H26N2O4S/c1-17-15-20(18(2)26(17)11-13-30-3)16-23-24(28)27(25(29)32-23)12-14-31-22-10-6-8-19-7-4-5-9-21(19)22/h4-10,15-16H,11-14H2,1-3H3/b23-16-. The lowest BCUT2D eigenvalue weighted by Gasteiger charge is -2.14. The highest BCUT2D eigenvalue weighted by molar-refractivity contribution is 8.18. The lowest BCUT2D eigenvalue weighted by molar-refractivity contribution is -0.123. The Kier molecular flexibility index (Phi) is 6.67. The molecule has 6 nitrogen and oxygen atoms in total. The minimum atomic E-state index is -0.275. The third-order valence-corrected chi connectivity index (χ3v) is 6.52. The summed E-state index contributed by atoms with van der Waals surface area (Å²) in [5.41, 5.74) is 3.08. The summed E-state index contributed by atoms with van der Waals surface area (Å²) in [5.74, 6) is 0.470. The van der Waals surface area contributed by atoms with Gasteiger partial charge < -0.3 is 14.0 Å². The largest absolute Gasteiger partial charge is 0.491 e. The molecule has 0 unspecified atom stereocenters. The Morgan fingerprint density at radius 1 is 1.00 bits per heavy atom. The molecule has 1 aromatic heterocycles. The number of imide groups is 1. The van der Waals surface area contributed by atoms with E-state index in [1.54, 1.807) is 7.11 Å². The number of thioether (sulfide) groups is 1. The van der Waals surface area contributed by atoms with Crippen LogP contribution >= 0.6 is 11.8 Å². The first-order chi connectivity index (χ1) is 15.5. The maximum atomic E-state index is 12.9. The Morgan fingerprint density at radius 3 is 2.59 bits per heavy atom. The number of rotatable bonds is 8. The molecule has 0 N–H and O–H groups in total. The molecular weight excluding hydrogens is 424 g/mol. The van der Waals surface area contributed by atoms with Crippen molar-refractivity contribution in [2.75, 3.05) is 26.9 Å². The van der Waals surface area contributed by atoms with Gasteiger partial charge in [0.05, 0.1) is 18.1 Å². The first kappa shape index (κ1) is 22.2. The SMILES string of the molecule is COCCn1c(C)cc(/C=C2\SC(=O)N(CCOc3cccc4ccccc34)C2=O)c1C. The van der Waals surface area contributed by atoms with Crippen LogP contribution in [-0.2, 0) is 16.1 Å². The molecule has 2 amide bonds. The molecule has 0 atom stereocenters. The van der Waals surface area contributed by atoms with E-state index in [0.29, 0.717) is 11.5 Å². The highest BCUT2D eigenvalue weighted by atomic mass is 32.2. The third kappa shape index (κ3) is 4.45. The number of ether oxygens (including phenoxy) is 2. The summed E-state index contributed by atoms with van der Waals surface area (Å²) in [4.78, 5) is 27.1. The molecule has 32 heavy (non-hydrogen) atoms. The molecule has 0 bridgehead atoms. The van der Waals surface area contributed by atoms with Crippen LogP contribution in [-0.4, -0.2) is 47.5 Å². The van der Waals surface area contributed by atoms with Gasteiger partial charge >= 0.3 is 0 Å². The number of carbonyl (C=O) groups excluding carboxylic acids is 2. The zero-order valence-corrected chi connectivity index (χ0v) is 19.3. The normalized spacial score (nSPS) is 15.3. The number of amides is 2. The molecule has 3 aromatic rings. The number of benzene rings is 2. The summed E-state index contributed by atoms with van der Waals surface area (Å²) in [7, 11) is 1.68. The molecule has 4 rings (SSSR count). The van der Waals surface area contributed by atoms with E-state index in [9.17, 15) is 9.59 Å². The fourth-order valence-corrected chi connectivity index (χ4v) is 4.76. The van der Waals surface area contributed by atoms with Crippen LogP contribution < -0.4 is 4.74 Å². The number of hydrogen-bond acceptors (Lipinski definition) is 5. The number of methoxy groups -OCH3 is 1. The molecule has 2 aromatic carbocycles. The number of fused-ring (bicyclic) bond motifs is 1. The molecular formula is C25H26N2O4S. The van der Waals surface area contributed by atoms with Crippen molar-refractivity contribution in [1.29, 1.82) is 0 Å². The number of hydrogen-bond donors (Lipinski definition) is 0. The second-order valence-electron chi connectivity index (χ2n) is 7.63. The van der Waals surface area contributed by atoms with E-state index in [0.717, 1.165) is 51.8 Å². The van der Waals surface area contributed by atoms with E-state index in [4.69, 9.17) is 9.47 Å². The highest BCUT2D eigenvalue weighted by Crippen LogP contribution is 2.33. The molecule has 1 aliphatic heterocycles. The van der Waals surface area contributed by atoms with Gasteiger partial charge in [-0.2, -0.15) is 0 Å². The number of aryl methyl sites for hydroxylation is 1. The maximum absolute atomic E-state index is 12.9. The van der Waals surface area contributed by atoms with E-state index in [2.05, 4.69) is 4.57 Å². The van der Waals surface area contributed by atoms with Gasteiger partial charge in [0, 0.05) is 30.4 Å². The van der Waals surface area contributed by atoms with Gasteiger partial charge in [0.15, 0.2) is 0 Å². The van der Waals surface area contributed by atoms with Crippen LogP contribution in [0.2, 0.25) is 0 Å². The Balaban J connectivity index is 1.44. The number of carbonyl (C=O) groups is 2. The Morgan fingerprint density at radius 2 is 1.78 bits per heavy atom. The average Bonchev–Trinajstić information content (AvgIpc) is 3.21. The maximum Gasteiger partial charge on any atom is 0.293 e. The molecule has 0 aliphatic carbocycles. The van der Waals surface area contributed by atoms with E-state index in [1.165, 1.54) is 4.90 Å². The number of aromatic nitrogens is 1. The molecule has 0 saturated carbocycles. The molecule has 7 heteroatoms. The van der Waals surface area contributed by atoms with Crippen LogP contribution in [0.15, 0.2) is 53.4 Å². The molecule has 0 radical (unpaired) electrons. The van der Waals surface area contributed by atoms with Crippen LogP contribution in [0.3, 0.4) is 0 Å². The quantitative estimate of drug-likeness (QED) is 0.451. The second-order valence-corrected chi connectivity index (χ2v) is 8.62. The van der Waals surface area contributed by atoms with Crippen molar-refractivity contribution in [2.24, 2.45) is 0 Å². The number of nitrogens with zero attached hydrogens (tertiary/aromatic N) is 2. The smallest absolute Gasteiger partial charge is 0.293 e. The highest BCUT2D eigenvalue weighted by Gasteiger charge is 2.35. The van der Waals surface area contributed by atoms with Crippen molar-refractivity contribution in [3.8, 4) is 5.75 Å². The van der Waals surface area contributed by atoms with Gasteiger partial charge in [0.2, 0.25) is 0 Å². The first-order valence-electron chi connectivity index (χ1n) is 10.5. The second kappa shape index (κ2) is 9.63. The van der Waals surface area contributed by atoms with Gasteiger partial charge in [-0.25, -0.2) is 0 Å². The van der Waals surface area contributed by atoms with Gasteiger partial charge in [-0.05, 0) is 54.8 Å². The lowest BCUT2D eigenvalue weighted by atomic mass is 10.1. The molecule has 1 aliphatic rings. The summed E-state index contributed by atoms with van der Waals surface area (Å²) in [6.07, 6.45) is 1.81. The van der Waals surface area contributed by atoms with Crippen molar-refractivity contribution in [3.05, 3.63) is 70.4 Å². The minimum Gasteiger partial charge on any atom is -0.491 e. The fraction of sp³-hybridized carbons (Fsp3) is 0.280. The Hall–Kier alpha value is -3.03. The van der Waals surface area contributed by atoms with Crippen LogP contribution in [0.4, 0.5) is 4.79 Å². The predicted molar refractivity (Wildman–Crippen MR) is 128 cm³/mol. The van der Waals surface area contributed by atoms with Gasteiger partial charge in [0.1, 0.15) is 12.4 Å². The summed E-state index contributed by atoms with van der Waals surface area (Å²) < 4.78 is 13.2. The monoisotopic (exact) mass is 450 g/mol. The summed E-state index contributed by atoms with van der Waals surface area (Å²) >= 11 is 0.976. The zero-order chi connectivity index (χ0) is 22.7. The third-order valence-electron chi connectivity index (χ3n) is 5.61. The summed E-state index contributed by atoms with van der Waals surface area (Å²) in [6, 6.07) is 15.8. The van der Waals surface area contributed by atoms with Gasteiger partial charge in [-0.3, -0.25) is 14.5 Å². The van der Waals surface area contributed by atoms with Crippen LogP contribution in [0, 0.1) is 13.8 Å². The molecule has 0 spiro atoms. The van der Waals surface area contributed by atoms with E-state index in [-0.39, 0.29) is 24.3 Å².